The Morgan fingerprint density at radius 2 is 1.90 bits per heavy atom. The van der Waals surface area contributed by atoms with Gasteiger partial charge in [-0.15, -0.1) is 0 Å². The quantitative estimate of drug-likeness (QED) is 0.418. The van der Waals surface area contributed by atoms with Gasteiger partial charge in [-0.25, -0.2) is 0 Å². The van der Waals surface area contributed by atoms with Gasteiger partial charge >= 0.3 is 5.97 Å². The zero-order chi connectivity index (χ0) is 16.1. The van der Waals surface area contributed by atoms with E-state index in [0.29, 0.717) is 19.8 Å². The van der Waals surface area contributed by atoms with E-state index in [1.165, 1.54) is 7.11 Å². The van der Waals surface area contributed by atoms with Crippen molar-refractivity contribution in [2.45, 2.75) is 65.0 Å². The van der Waals surface area contributed by atoms with Crippen molar-refractivity contribution in [2.24, 2.45) is 0 Å². The molecule has 0 heterocycles. The summed E-state index contributed by atoms with van der Waals surface area (Å²) in [4.78, 5) is 11.9. The van der Waals surface area contributed by atoms with Crippen molar-refractivity contribution in [2.75, 3.05) is 33.5 Å². The van der Waals surface area contributed by atoms with Crippen molar-refractivity contribution in [3.63, 3.8) is 0 Å². The maximum absolute atomic E-state index is 11.9. The van der Waals surface area contributed by atoms with Crippen LogP contribution in [0.5, 0.6) is 0 Å². The first-order valence-electron chi connectivity index (χ1n) is 7.99. The lowest BCUT2D eigenvalue weighted by atomic mass is 9.94. The molecule has 1 atom stereocenters. The van der Waals surface area contributed by atoms with Crippen LogP contribution in [0, 0.1) is 0 Å². The maximum atomic E-state index is 11.9. The number of methoxy groups -OCH3 is 1. The van der Waals surface area contributed by atoms with E-state index in [2.05, 4.69) is 12.2 Å². The predicted octanol–water partition coefficient (Wildman–Crippen LogP) is 2.53. The first-order chi connectivity index (χ1) is 9.96. The third-order valence-electron chi connectivity index (χ3n) is 3.30. The highest BCUT2D eigenvalue weighted by atomic mass is 16.5. The first kappa shape index (κ1) is 20.3. The fraction of sp³-hybridized carbons (Fsp3) is 0.938. The molecule has 0 aliphatic carbocycles. The minimum Gasteiger partial charge on any atom is -0.468 e. The molecule has 0 aromatic heterocycles. The van der Waals surface area contributed by atoms with Crippen molar-refractivity contribution in [1.82, 2.24) is 5.32 Å². The lowest BCUT2D eigenvalue weighted by molar-refractivity contribution is -0.148. The van der Waals surface area contributed by atoms with Crippen molar-refractivity contribution in [3.8, 4) is 0 Å². The van der Waals surface area contributed by atoms with E-state index in [9.17, 15) is 4.79 Å². The van der Waals surface area contributed by atoms with E-state index in [1.54, 1.807) is 0 Å². The highest BCUT2D eigenvalue weighted by molar-refractivity contribution is 5.80. The monoisotopic (exact) mass is 303 g/mol. The van der Waals surface area contributed by atoms with Crippen LogP contribution < -0.4 is 5.32 Å². The van der Waals surface area contributed by atoms with Crippen LogP contribution in [-0.2, 0) is 19.0 Å². The summed E-state index contributed by atoms with van der Waals surface area (Å²) in [5, 5.41) is 3.28. The van der Waals surface area contributed by atoms with Crippen LogP contribution in [0.15, 0.2) is 0 Å². The van der Waals surface area contributed by atoms with Crippen molar-refractivity contribution in [3.05, 3.63) is 0 Å². The van der Waals surface area contributed by atoms with Gasteiger partial charge in [0.1, 0.15) is 5.54 Å². The van der Waals surface area contributed by atoms with E-state index in [-0.39, 0.29) is 12.1 Å². The molecule has 126 valence electrons. The van der Waals surface area contributed by atoms with E-state index >= 15 is 0 Å². The van der Waals surface area contributed by atoms with E-state index in [0.717, 1.165) is 32.2 Å². The van der Waals surface area contributed by atoms with E-state index < -0.39 is 5.54 Å². The Balaban J connectivity index is 3.80. The largest absolute Gasteiger partial charge is 0.468 e. The van der Waals surface area contributed by atoms with Crippen LogP contribution in [0.1, 0.15) is 53.4 Å². The zero-order valence-electron chi connectivity index (χ0n) is 14.4. The maximum Gasteiger partial charge on any atom is 0.325 e. The Bertz CT molecular complexity index is 271. The molecule has 5 heteroatoms. The molecular weight excluding hydrogens is 270 g/mol. The van der Waals surface area contributed by atoms with Gasteiger partial charge in [0.2, 0.25) is 0 Å². The zero-order valence-corrected chi connectivity index (χ0v) is 14.4. The SMILES string of the molecule is CCCNC(C)(CCCCOCCOC(C)C)C(=O)OC. The second kappa shape index (κ2) is 12.0. The Hall–Kier alpha value is -0.650. The van der Waals surface area contributed by atoms with Gasteiger partial charge in [0, 0.05) is 6.61 Å². The summed E-state index contributed by atoms with van der Waals surface area (Å²) >= 11 is 0. The number of hydrogen-bond donors (Lipinski definition) is 1. The second-order valence-electron chi connectivity index (χ2n) is 5.74. The van der Waals surface area contributed by atoms with Gasteiger partial charge in [-0.2, -0.15) is 0 Å². The fourth-order valence-corrected chi connectivity index (χ4v) is 2.02. The molecule has 0 fully saturated rings. The number of carbonyl (C=O) groups is 1. The third-order valence-corrected chi connectivity index (χ3v) is 3.30. The summed E-state index contributed by atoms with van der Waals surface area (Å²) in [7, 11) is 1.44. The highest BCUT2D eigenvalue weighted by Crippen LogP contribution is 2.16. The van der Waals surface area contributed by atoms with Crippen LogP contribution in [0.4, 0.5) is 0 Å². The number of nitrogens with one attached hydrogen (secondary N) is 1. The lowest BCUT2D eigenvalue weighted by Gasteiger charge is -2.28. The number of hydrogen-bond acceptors (Lipinski definition) is 5. The highest BCUT2D eigenvalue weighted by Gasteiger charge is 2.32. The van der Waals surface area contributed by atoms with E-state index in [1.807, 2.05) is 20.8 Å². The molecular formula is C16H33NO4. The molecule has 1 N–H and O–H groups in total. The average Bonchev–Trinajstić information content (AvgIpc) is 2.46. The standard InChI is InChI=1S/C16H33NO4/c1-6-10-17-16(4,15(18)19-5)9-7-8-11-20-12-13-21-14(2)3/h14,17H,6-13H2,1-5H3. The molecule has 0 spiro atoms. The van der Waals surface area contributed by atoms with Crippen molar-refractivity contribution in [1.29, 1.82) is 0 Å². The fourth-order valence-electron chi connectivity index (χ4n) is 2.02. The smallest absolute Gasteiger partial charge is 0.325 e. The predicted molar refractivity (Wildman–Crippen MR) is 84.5 cm³/mol. The topological polar surface area (TPSA) is 56.8 Å². The molecule has 0 amide bonds. The minimum absolute atomic E-state index is 0.192. The van der Waals surface area contributed by atoms with Crippen LogP contribution in [-0.4, -0.2) is 51.1 Å². The molecule has 0 aliphatic heterocycles. The van der Waals surface area contributed by atoms with Crippen LogP contribution in [0.3, 0.4) is 0 Å². The average molecular weight is 303 g/mol. The summed E-state index contributed by atoms with van der Waals surface area (Å²) in [5.41, 5.74) is -0.592. The molecule has 0 radical (unpaired) electrons. The van der Waals surface area contributed by atoms with Crippen LogP contribution >= 0.6 is 0 Å². The Labute approximate surface area is 129 Å². The Morgan fingerprint density at radius 1 is 1.19 bits per heavy atom. The molecule has 0 rings (SSSR count). The molecule has 0 saturated carbocycles. The number of rotatable bonds is 13. The summed E-state index contributed by atoms with van der Waals surface area (Å²) in [5.74, 6) is -0.192. The van der Waals surface area contributed by atoms with Gasteiger partial charge in [-0.1, -0.05) is 6.92 Å². The van der Waals surface area contributed by atoms with Gasteiger partial charge in [0.25, 0.3) is 0 Å². The molecule has 0 bridgehead atoms. The van der Waals surface area contributed by atoms with Crippen molar-refractivity contribution >= 4 is 5.97 Å². The van der Waals surface area contributed by atoms with Gasteiger partial charge < -0.3 is 19.5 Å². The van der Waals surface area contributed by atoms with Gasteiger partial charge in [0.05, 0.1) is 26.4 Å². The number of unbranched alkanes of at least 4 members (excludes halogenated alkanes) is 1. The van der Waals surface area contributed by atoms with Crippen molar-refractivity contribution < 1.29 is 19.0 Å². The molecule has 1 unspecified atom stereocenters. The summed E-state index contributed by atoms with van der Waals surface area (Å²) in [6.07, 6.45) is 3.85. The molecule has 21 heavy (non-hydrogen) atoms. The molecule has 0 saturated heterocycles. The van der Waals surface area contributed by atoms with Gasteiger partial charge in [0.15, 0.2) is 0 Å². The minimum atomic E-state index is -0.592. The molecule has 5 nitrogen and oxygen atoms in total. The summed E-state index contributed by atoms with van der Waals surface area (Å²) < 4.78 is 15.8. The lowest BCUT2D eigenvalue weighted by Crippen LogP contribution is -2.50. The second-order valence-corrected chi connectivity index (χ2v) is 5.74. The van der Waals surface area contributed by atoms with Crippen LogP contribution in [0.2, 0.25) is 0 Å². The number of carbonyl (C=O) groups excluding carboxylic acids is 1. The Morgan fingerprint density at radius 3 is 2.48 bits per heavy atom. The Kier molecular flexibility index (Phi) is 11.6. The van der Waals surface area contributed by atoms with Gasteiger partial charge in [-0.3, -0.25) is 4.79 Å². The normalized spacial score (nSPS) is 14.2. The number of ether oxygens (including phenoxy) is 3. The van der Waals surface area contributed by atoms with Gasteiger partial charge in [-0.05, 0) is 53.0 Å². The first-order valence-corrected chi connectivity index (χ1v) is 7.99. The van der Waals surface area contributed by atoms with E-state index in [4.69, 9.17) is 14.2 Å². The third kappa shape index (κ3) is 9.82. The molecule has 0 aromatic rings. The molecule has 0 aliphatic rings. The summed E-state index contributed by atoms with van der Waals surface area (Å²) in [6.45, 7) is 10.8. The van der Waals surface area contributed by atoms with Crippen LogP contribution in [0.25, 0.3) is 0 Å². The molecule has 0 aromatic carbocycles. The summed E-state index contributed by atoms with van der Waals surface area (Å²) in [6, 6.07) is 0. The number of esters is 1.